The molecule has 1 aliphatic rings. The molecule has 0 heterocycles. The molecular formula is C12H25N. The van der Waals surface area contributed by atoms with E-state index in [2.05, 4.69) is 33.1 Å². The van der Waals surface area contributed by atoms with E-state index in [1.807, 2.05) is 0 Å². The minimum Gasteiger partial charge on any atom is -0.316 e. The maximum Gasteiger partial charge on any atom is 0.0118 e. The van der Waals surface area contributed by atoms with Crippen molar-refractivity contribution in [1.29, 1.82) is 0 Å². The Balaban J connectivity index is 2.40. The van der Waals surface area contributed by atoms with Crippen LogP contribution in [0.15, 0.2) is 0 Å². The van der Waals surface area contributed by atoms with Gasteiger partial charge in [0.05, 0.1) is 0 Å². The van der Waals surface area contributed by atoms with Crippen LogP contribution in [0.4, 0.5) is 0 Å². The Morgan fingerprint density at radius 3 is 2.31 bits per heavy atom. The summed E-state index contributed by atoms with van der Waals surface area (Å²) < 4.78 is 0. The molecule has 1 saturated carbocycles. The van der Waals surface area contributed by atoms with Crippen molar-refractivity contribution in [2.24, 2.45) is 11.3 Å². The van der Waals surface area contributed by atoms with Gasteiger partial charge in [0.25, 0.3) is 0 Å². The van der Waals surface area contributed by atoms with Gasteiger partial charge in [-0.3, -0.25) is 0 Å². The van der Waals surface area contributed by atoms with Gasteiger partial charge >= 0.3 is 0 Å². The number of hydrogen-bond donors (Lipinski definition) is 1. The van der Waals surface area contributed by atoms with E-state index in [9.17, 15) is 0 Å². The lowest BCUT2D eigenvalue weighted by Gasteiger charge is -2.38. The molecule has 1 aliphatic carbocycles. The smallest absolute Gasteiger partial charge is 0.0118 e. The Labute approximate surface area is 83.3 Å². The highest BCUT2D eigenvalue weighted by Crippen LogP contribution is 2.36. The van der Waals surface area contributed by atoms with Gasteiger partial charge in [-0.05, 0) is 31.2 Å². The minimum atomic E-state index is 0.463. The first-order chi connectivity index (χ1) is 6.10. The van der Waals surface area contributed by atoms with Crippen LogP contribution in [0.5, 0.6) is 0 Å². The number of hydrogen-bond acceptors (Lipinski definition) is 1. The highest BCUT2D eigenvalue weighted by Gasteiger charge is 2.30. The van der Waals surface area contributed by atoms with Crippen LogP contribution >= 0.6 is 0 Å². The zero-order valence-corrected chi connectivity index (χ0v) is 9.69. The minimum absolute atomic E-state index is 0.463. The molecule has 78 valence electrons. The summed E-state index contributed by atoms with van der Waals surface area (Å²) in [7, 11) is 2.11. The summed E-state index contributed by atoms with van der Waals surface area (Å²) in [6.45, 7) is 7.06. The van der Waals surface area contributed by atoms with Gasteiger partial charge < -0.3 is 5.32 Å². The summed E-state index contributed by atoms with van der Waals surface area (Å²) in [6, 6.07) is 0.711. The van der Waals surface area contributed by atoms with Gasteiger partial charge in [0, 0.05) is 6.04 Å². The molecule has 0 aromatic heterocycles. The molecular weight excluding hydrogens is 158 g/mol. The fourth-order valence-electron chi connectivity index (χ4n) is 2.14. The van der Waals surface area contributed by atoms with Crippen molar-refractivity contribution in [1.82, 2.24) is 5.32 Å². The molecule has 1 nitrogen and oxygen atoms in total. The molecule has 1 rings (SSSR count). The maximum atomic E-state index is 3.49. The molecule has 0 aromatic carbocycles. The summed E-state index contributed by atoms with van der Waals surface area (Å²) in [5.41, 5.74) is 0.463. The summed E-state index contributed by atoms with van der Waals surface area (Å²) in [4.78, 5) is 0. The van der Waals surface area contributed by atoms with Crippen molar-refractivity contribution in [2.45, 2.75) is 58.9 Å². The molecule has 0 radical (unpaired) electrons. The van der Waals surface area contributed by atoms with Gasteiger partial charge in [0.2, 0.25) is 0 Å². The molecule has 1 unspecified atom stereocenters. The molecule has 0 amide bonds. The predicted molar refractivity (Wildman–Crippen MR) is 58.9 cm³/mol. The van der Waals surface area contributed by atoms with Gasteiger partial charge in [-0.15, -0.1) is 0 Å². The SMILES string of the molecule is CCC(C)(C)C(CC1CCC1)NC. The Bertz CT molecular complexity index is 147. The lowest BCUT2D eigenvalue weighted by molar-refractivity contribution is 0.170. The molecule has 0 aromatic rings. The largest absolute Gasteiger partial charge is 0.316 e. The van der Waals surface area contributed by atoms with Crippen LogP contribution in [-0.4, -0.2) is 13.1 Å². The van der Waals surface area contributed by atoms with Crippen molar-refractivity contribution in [3.05, 3.63) is 0 Å². The van der Waals surface area contributed by atoms with Crippen LogP contribution in [0, 0.1) is 11.3 Å². The molecule has 0 bridgehead atoms. The highest BCUT2D eigenvalue weighted by atomic mass is 14.9. The summed E-state index contributed by atoms with van der Waals surface area (Å²) in [5, 5.41) is 3.49. The van der Waals surface area contributed by atoms with Gasteiger partial charge in [0.15, 0.2) is 0 Å². The molecule has 0 saturated heterocycles. The van der Waals surface area contributed by atoms with Crippen LogP contribution in [0.2, 0.25) is 0 Å². The molecule has 0 spiro atoms. The summed E-state index contributed by atoms with van der Waals surface area (Å²) >= 11 is 0. The zero-order valence-electron chi connectivity index (χ0n) is 9.69. The summed E-state index contributed by atoms with van der Waals surface area (Å²) in [6.07, 6.45) is 7.06. The van der Waals surface area contributed by atoms with E-state index in [-0.39, 0.29) is 0 Å². The Hall–Kier alpha value is -0.0400. The first-order valence-electron chi connectivity index (χ1n) is 5.77. The third-order valence-electron chi connectivity index (χ3n) is 4.00. The fourth-order valence-corrected chi connectivity index (χ4v) is 2.14. The zero-order chi connectivity index (χ0) is 9.90. The fraction of sp³-hybridized carbons (Fsp3) is 1.00. The van der Waals surface area contributed by atoms with Gasteiger partial charge in [-0.25, -0.2) is 0 Å². The van der Waals surface area contributed by atoms with Gasteiger partial charge in [-0.1, -0.05) is 40.0 Å². The van der Waals surface area contributed by atoms with E-state index in [1.165, 1.54) is 32.1 Å². The lowest BCUT2D eigenvalue weighted by atomic mass is 9.73. The van der Waals surface area contributed by atoms with Gasteiger partial charge in [-0.2, -0.15) is 0 Å². The maximum absolute atomic E-state index is 3.49. The van der Waals surface area contributed by atoms with Crippen molar-refractivity contribution in [3.8, 4) is 0 Å². The van der Waals surface area contributed by atoms with E-state index in [0.717, 1.165) is 5.92 Å². The molecule has 1 N–H and O–H groups in total. The monoisotopic (exact) mass is 183 g/mol. The quantitative estimate of drug-likeness (QED) is 0.690. The van der Waals surface area contributed by atoms with E-state index in [4.69, 9.17) is 0 Å². The third kappa shape index (κ3) is 2.70. The normalized spacial score (nSPS) is 21.2. The van der Waals surface area contributed by atoms with Crippen LogP contribution in [0.3, 0.4) is 0 Å². The van der Waals surface area contributed by atoms with E-state index < -0.39 is 0 Å². The third-order valence-corrected chi connectivity index (χ3v) is 4.00. The van der Waals surface area contributed by atoms with Crippen molar-refractivity contribution < 1.29 is 0 Å². The van der Waals surface area contributed by atoms with Crippen LogP contribution in [0.25, 0.3) is 0 Å². The Morgan fingerprint density at radius 1 is 1.38 bits per heavy atom. The molecule has 1 atom stereocenters. The van der Waals surface area contributed by atoms with Crippen LogP contribution in [0.1, 0.15) is 52.9 Å². The highest BCUT2D eigenvalue weighted by molar-refractivity contribution is 4.86. The lowest BCUT2D eigenvalue weighted by Crippen LogP contribution is -2.41. The van der Waals surface area contributed by atoms with E-state index in [0.29, 0.717) is 11.5 Å². The van der Waals surface area contributed by atoms with Crippen molar-refractivity contribution in [2.75, 3.05) is 7.05 Å². The average molecular weight is 183 g/mol. The summed E-state index contributed by atoms with van der Waals surface area (Å²) in [5.74, 6) is 1.02. The van der Waals surface area contributed by atoms with E-state index >= 15 is 0 Å². The second kappa shape index (κ2) is 4.45. The Morgan fingerprint density at radius 2 is 2.00 bits per heavy atom. The topological polar surface area (TPSA) is 12.0 Å². The first kappa shape index (κ1) is 11.0. The van der Waals surface area contributed by atoms with E-state index in [1.54, 1.807) is 0 Å². The standard InChI is InChI=1S/C12H25N/c1-5-12(2,3)11(13-4)9-10-7-6-8-10/h10-11,13H,5-9H2,1-4H3. The molecule has 0 aliphatic heterocycles. The average Bonchev–Trinajstić information content (AvgIpc) is 2.02. The van der Waals surface area contributed by atoms with Crippen molar-refractivity contribution in [3.63, 3.8) is 0 Å². The van der Waals surface area contributed by atoms with Gasteiger partial charge in [0.1, 0.15) is 0 Å². The number of nitrogens with one attached hydrogen (secondary N) is 1. The molecule has 1 fully saturated rings. The van der Waals surface area contributed by atoms with Crippen LogP contribution < -0.4 is 5.32 Å². The number of rotatable bonds is 5. The molecule has 1 heteroatoms. The Kier molecular flexibility index (Phi) is 3.78. The van der Waals surface area contributed by atoms with Crippen molar-refractivity contribution >= 4 is 0 Å². The predicted octanol–water partition coefficient (Wildman–Crippen LogP) is 3.20. The second-order valence-corrected chi connectivity index (χ2v) is 5.22. The second-order valence-electron chi connectivity index (χ2n) is 5.22. The molecule has 13 heavy (non-hydrogen) atoms. The van der Waals surface area contributed by atoms with Crippen LogP contribution in [-0.2, 0) is 0 Å². The first-order valence-corrected chi connectivity index (χ1v) is 5.77.